The van der Waals surface area contributed by atoms with Gasteiger partial charge in [-0.25, -0.2) is 0 Å². The number of furan rings is 1. The summed E-state index contributed by atoms with van der Waals surface area (Å²) in [7, 11) is 0. The molecule has 1 N–H and O–H groups in total. The molecule has 1 aliphatic heterocycles. The van der Waals surface area contributed by atoms with Crippen LogP contribution in [-0.4, -0.2) is 10.1 Å². The number of nitrogens with one attached hydrogen (secondary N) is 1. The van der Waals surface area contributed by atoms with Crippen LogP contribution in [0.25, 0.3) is 0 Å². The molecule has 0 aliphatic carbocycles. The van der Waals surface area contributed by atoms with Crippen molar-refractivity contribution in [1.82, 2.24) is 10.3 Å². The van der Waals surface area contributed by atoms with E-state index in [1.165, 1.54) is 0 Å². The monoisotopic (exact) mass is 497 g/mol. The largest absolute Gasteiger partial charge is 0.452 e. The summed E-state index contributed by atoms with van der Waals surface area (Å²) in [6.07, 6.45) is 1.78. The molecule has 4 nitrogen and oxygen atoms in total. The Morgan fingerprint density at radius 1 is 0.906 bits per heavy atom. The number of aromatic nitrogens is 1. The number of hydrogen-bond acceptors (Lipinski definition) is 4. The number of halogens is 2. The molecule has 32 heavy (non-hydrogen) atoms. The van der Waals surface area contributed by atoms with Gasteiger partial charge in [0.2, 0.25) is 0 Å². The fourth-order valence-corrected chi connectivity index (χ4v) is 5.07. The van der Waals surface area contributed by atoms with E-state index in [1.54, 1.807) is 18.0 Å². The number of nitrogens with zero attached hydrogens (tertiary/aromatic N) is 2. The maximum Gasteiger partial charge on any atom is 0.174 e. The summed E-state index contributed by atoms with van der Waals surface area (Å²) in [5.74, 6) is 0.791. The lowest BCUT2D eigenvalue weighted by molar-refractivity contribution is 0.383. The lowest BCUT2D eigenvalue weighted by atomic mass is 10.0. The van der Waals surface area contributed by atoms with Crippen LogP contribution in [0.4, 0.5) is 5.69 Å². The quantitative estimate of drug-likeness (QED) is 0.291. The van der Waals surface area contributed by atoms with Crippen molar-refractivity contribution in [3.05, 3.63) is 107 Å². The molecule has 2 atom stereocenters. The summed E-state index contributed by atoms with van der Waals surface area (Å²) in [5.41, 5.74) is 1.82. The van der Waals surface area contributed by atoms with Gasteiger partial charge >= 0.3 is 0 Å². The van der Waals surface area contributed by atoms with Crippen molar-refractivity contribution in [3.63, 3.8) is 0 Å². The Morgan fingerprint density at radius 2 is 1.62 bits per heavy atom. The molecular formula is C24H17Cl2N3OS2. The fourth-order valence-electron chi connectivity index (χ4n) is 3.69. The van der Waals surface area contributed by atoms with Crippen LogP contribution in [0.3, 0.4) is 0 Å². The van der Waals surface area contributed by atoms with Crippen molar-refractivity contribution in [1.29, 1.82) is 0 Å². The van der Waals surface area contributed by atoms with E-state index < -0.39 is 0 Å². The lowest BCUT2D eigenvalue weighted by Crippen LogP contribution is -2.29. The SMILES string of the molecule is S=C1N[C@@H](c2ccccn2)[C@@H](c2ccc(Sc3ccc(Cl)cc3)o2)N1c1ccc(Cl)cc1. The Hall–Kier alpha value is -2.51. The van der Waals surface area contributed by atoms with Crippen LogP contribution in [-0.2, 0) is 0 Å². The molecule has 1 fully saturated rings. The number of hydrogen-bond donors (Lipinski definition) is 1. The summed E-state index contributed by atoms with van der Waals surface area (Å²) < 4.78 is 6.31. The first kappa shape index (κ1) is 21.3. The van der Waals surface area contributed by atoms with E-state index in [0.717, 1.165) is 27.1 Å². The molecule has 2 aromatic carbocycles. The zero-order valence-electron chi connectivity index (χ0n) is 16.6. The van der Waals surface area contributed by atoms with Gasteiger partial charge in [0.1, 0.15) is 11.8 Å². The van der Waals surface area contributed by atoms with E-state index in [0.29, 0.717) is 15.2 Å². The molecule has 2 aromatic heterocycles. The van der Waals surface area contributed by atoms with Crippen LogP contribution in [0.1, 0.15) is 23.5 Å². The van der Waals surface area contributed by atoms with Crippen LogP contribution in [0.15, 0.2) is 99.5 Å². The van der Waals surface area contributed by atoms with Gasteiger partial charge in [-0.1, -0.05) is 41.0 Å². The zero-order chi connectivity index (χ0) is 22.1. The topological polar surface area (TPSA) is 41.3 Å². The number of benzene rings is 2. The minimum Gasteiger partial charge on any atom is -0.452 e. The van der Waals surface area contributed by atoms with Crippen LogP contribution >= 0.6 is 47.2 Å². The molecule has 5 rings (SSSR count). The van der Waals surface area contributed by atoms with Gasteiger partial charge in [-0.05, 0) is 85.0 Å². The fraction of sp³-hybridized carbons (Fsp3) is 0.0833. The highest BCUT2D eigenvalue weighted by Crippen LogP contribution is 2.43. The number of pyridine rings is 1. The first-order valence-corrected chi connectivity index (χ1v) is 11.9. The van der Waals surface area contributed by atoms with Gasteiger partial charge in [0, 0.05) is 26.8 Å². The summed E-state index contributed by atoms with van der Waals surface area (Å²) in [5, 5.41) is 6.20. The summed E-state index contributed by atoms with van der Waals surface area (Å²) in [4.78, 5) is 7.67. The van der Waals surface area contributed by atoms with E-state index in [-0.39, 0.29) is 12.1 Å². The third-order valence-corrected chi connectivity index (χ3v) is 6.88. The highest BCUT2D eigenvalue weighted by molar-refractivity contribution is 7.99. The number of thiocarbonyl (C=S) groups is 1. The van der Waals surface area contributed by atoms with E-state index in [9.17, 15) is 0 Å². The van der Waals surface area contributed by atoms with Gasteiger partial charge < -0.3 is 14.6 Å². The molecule has 0 unspecified atom stereocenters. The molecular weight excluding hydrogens is 481 g/mol. The Kier molecular flexibility index (Phi) is 6.11. The number of anilines is 1. The first-order valence-electron chi connectivity index (χ1n) is 9.88. The minimum atomic E-state index is -0.210. The first-order chi connectivity index (χ1) is 15.6. The molecule has 160 valence electrons. The van der Waals surface area contributed by atoms with Crippen molar-refractivity contribution in [3.8, 4) is 0 Å². The molecule has 0 bridgehead atoms. The standard InChI is InChI=1S/C24H17Cl2N3OS2/c25-15-4-8-17(9-5-15)29-23(22(28-24(29)31)19-3-1-2-14-27-19)20-12-13-21(30-20)32-18-10-6-16(26)7-11-18/h1-14,22-23H,(H,28,31)/t22-,23+/m0/s1. The van der Waals surface area contributed by atoms with E-state index >= 15 is 0 Å². The second-order valence-electron chi connectivity index (χ2n) is 7.19. The highest BCUT2D eigenvalue weighted by atomic mass is 35.5. The Morgan fingerprint density at radius 3 is 2.31 bits per heavy atom. The van der Waals surface area contributed by atoms with E-state index in [2.05, 4.69) is 15.2 Å². The maximum absolute atomic E-state index is 6.31. The third kappa shape index (κ3) is 4.36. The number of rotatable bonds is 5. The van der Waals surface area contributed by atoms with Crippen LogP contribution in [0.5, 0.6) is 0 Å². The van der Waals surface area contributed by atoms with E-state index in [4.69, 9.17) is 39.8 Å². The van der Waals surface area contributed by atoms with E-state index in [1.807, 2.05) is 78.9 Å². The zero-order valence-corrected chi connectivity index (χ0v) is 19.8. The van der Waals surface area contributed by atoms with Gasteiger partial charge in [-0.3, -0.25) is 4.98 Å². The van der Waals surface area contributed by atoms with Gasteiger partial charge in [-0.2, -0.15) is 0 Å². The van der Waals surface area contributed by atoms with Gasteiger partial charge in [-0.15, -0.1) is 0 Å². The Labute approximate surface area is 205 Å². The predicted molar refractivity (Wildman–Crippen MR) is 134 cm³/mol. The smallest absolute Gasteiger partial charge is 0.174 e. The summed E-state index contributed by atoms with van der Waals surface area (Å²) >= 11 is 19.4. The molecule has 0 amide bonds. The van der Waals surface area contributed by atoms with Crippen molar-refractivity contribution in [2.45, 2.75) is 22.1 Å². The van der Waals surface area contributed by atoms with Crippen LogP contribution in [0.2, 0.25) is 10.0 Å². The Balaban J connectivity index is 1.52. The second kappa shape index (κ2) is 9.16. The molecule has 0 radical (unpaired) electrons. The summed E-state index contributed by atoms with van der Waals surface area (Å²) in [6.45, 7) is 0. The molecule has 3 heterocycles. The highest BCUT2D eigenvalue weighted by Gasteiger charge is 2.42. The average Bonchev–Trinajstić information content (AvgIpc) is 3.40. The van der Waals surface area contributed by atoms with Crippen molar-refractivity contribution >= 4 is 58.0 Å². The van der Waals surface area contributed by atoms with Gasteiger partial charge in [0.25, 0.3) is 0 Å². The van der Waals surface area contributed by atoms with Crippen LogP contribution < -0.4 is 10.2 Å². The summed E-state index contributed by atoms with van der Waals surface area (Å²) in [6, 6.07) is 24.8. The lowest BCUT2D eigenvalue weighted by Gasteiger charge is -2.26. The molecule has 1 aliphatic rings. The minimum absolute atomic E-state index is 0.168. The Bertz CT molecular complexity index is 1230. The second-order valence-corrected chi connectivity index (χ2v) is 9.52. The van der Waals surface area contributed by atoms with Crippen molar-refractivity contribution in [2.75, 3.05) is 4.90 Å². The predicted octanol–water partition coefficient (Wildman–Crippen LogP) is 7.31. The van der Waals surface area contributed by atoms with Crippen LogP contribution in [0, 0.1) is 0 Å². The third-order valence-electron chi connectivity index (χ3n) is 5.13. The maximum atomic E-state index is 6.31. The molecule has 0 saturated carbocycles. The van der Waals surface area contributed by atoms with Gasteiger partial charge in [0.05, 0.1) is 11.7 Å². The molecule has 8 heteroatoms. The van der Waals surface area contributed by atoms with Crippen molar-refractivity contribution in [2.24, 2.45) is 0 Å². The molecule has 4 aromatic rings. The average molecular weight is 498 g/mol. The molecule has 0 spiro atoms. The normalized spacial score (nSPS) is 18.1. The van der Waals surface area contributed by atoms with Gasteiger partial charge in [0.15, 0.2) is 10.2 Å². The molecule has 1 saturated heterocycles. The van der Waals surface area contributed by atoms with Crippen molar-refractivity contribution < 1.29 is 4.42 Å².